The van der Waals surface area contributed by atoms with Crippen LogP contribution in [0.5, 0.6) is 11.5 Å². The summed E-state index contributed by atoms with van der Waals surface area (Å²) >= 11 is 0. The summed E-state index contributed by atoms with van der Waals surface area (Å²) < 4.78 is 36.8. The molecule has 2 aromatic carbocycles. The van der Waals surface area contributed by atoms with E-state index in [1.165, 1.54) is 12.1 Å². The summed E-state index contributed by atoms with van der Waals surface area (Å²) in [5.74, 6) is -0.500. The number of carboxylic acid groups (broad SMARTS) is 1. The maximum atomic E-state index is 13.1. The minimum absolute atomic E-state index is 0.0880. The number of ether oxygens (including phenoxy) is 2. The molecule has 0 radical (unpaired) electrons. The van der Waals surface area contributed by atoms with Crippen molar-refractivity contribution in [3.8, 4) is 22.6 Å². The average Bonchev–Trinajstić information content (AvgIpc) is 2.53. The highest BCUT2D eigenvalue weighted by Crippen LogP contribution is 2.38. The van der Waals surface area contributed by atoms with Crippen LogP contribution in [-0.2, 0) is 4.79 Å². The topological polar surface area (TPSA) is 55.8 Å². The van der Waals surface area contributed by atoms with Gasteiger partial charge in [0.25, 0.3) is 6.43 Å². The van der Waals surface area contributed by atoms with Crippen molar-refractivity contribution in [2.75, 3.05) is 6.61 Å². The Morgan fingerprint density at radius 3 is 2.68 bits per heavy atom. The molecule has 0 amide bonds. The number of alkyl halides is 2. The number of carboxylic acids is 1. The molecule has 0 aromatic heterocycles. The molecular weight excluding hydrogens is 294 g/mol. The summed E-state index contributed by atoms with van der Waals surface area (Å²) in [6, 6.07) is 10.9. The minimum atomic E-state index is -2.60. The lowest BCUT2D eigenvalue weighted by Gasteiger charge is -2.24. The molecule has 1 aliphatic rings. The summed E-state index contributed by atoms with van der Waals surface area (Å²) in [7, 11) is 0. The van der Waals surface area contributed by atoms with Gasteiger partial charge in [-0.15, -0.1) is 0 Å². The third-order valence-electron chi connectivity index (χ3n) is 3.39. The third kappa shape index (κ3) is 2.59. The number of rotatable bonds is 3. The van der Waals surface area contributed by atoms with E-state index in [9.17, 15) is 13.6 Å². The Hall–Kier alpha value is -2.63. The summed E-state index contributed by atoms with van der Waals surface area (Å²) in [5, 5.41) is 8.96. The Morgan fingerprint density at radius 2 is 1.95 bits per heavy atom. The molecule has 1 atom stereocenters. The zero-order chi connectivity index (χ0) is 15.7. The molecule has 1 heterocycles. The molecule has 4 nitrogen and oxygen atoms in total. The molecule has 0 spiro atoms. The fourth-order valence-electron chi connectivity index (χ4n) is 2.31. The highest BCUT2D eigenvalue weighted by molar-refractivity contribution is 5.75. The lowest BCUT2D eigenvalue weighted by molar-refractivity contribution is -0.147. The first kappa shape index (κ1) is 14.3. The van der Waals surface area contributed by atoms with E-state index >= 15 is 0 Å². The summed E-state index contributed by atoms with van der Waals surface area (Å²) in [6.45, 7) is -0.0880. The van der Waals surface area contributed by atoms with Crippen molar-refractivity contribution in [3.63, 3.8) is 0 Å². The molecule has 0 saturated heterocycles. The number of halogens is 2. The zero-order valence-electron chi connectivity index (χ0n) is 11.3. The second-order valence-electron chi connectivity index (χ2n) is 4.81. The van der Waals surface area contributed by atoms with Crippen molar-refractivity contribution in [2.24, 2.45) is 0 Å². The van der Waals surface area contributed by atoms with E-state index < -0.39 is 18.5 Å². The van der Waals surface area contributed by atoms with Gasteiger partial charge in [-0.2, -0.15) is 0 Å². The lowest BCUT2D eigenvalue weighted by Crippen LogP contribution is -2.36. The van der Waals surface area contributed by atoms with Crippen molar-refractivity contribution in [1.82, 2.24) is 0 Å². The van der Waals surface area contributed by atoms with Gasteiger partial charge in [-0.1, -0.05) is 30.3 Å². The first-order chi connectivity index (χ1) is 10.6. The van der Waals surface area contributed by atoms with Gasteiger partial charge in [-0.05, 0) is 23.3 Å². The van der Waals surface area contributed by atoms with Crippen molar-refractivity contribution in [2.45, 2.75) is 12.5 Å². The van der Waals surface area contributed by atoms with Crippen molar-refractivity contribution in [1.29, 1.82) is 0 Å². The minimum Gasteiger partial charge on any atom is -0.485 e. The first-order valence-corrected chi connectivity index (χ1v) is 6.60. The predicted octanol–water partition coefficient (Wildman–Crippen LogP) is 3.52. The van der Waals surface area contributed by atoms with Crippen LogP contribution in [0.25, 0.3) is 11.1 Å². The van der Waals surface area contributed by atoms with E-state index in [2.05, 4.69) is 0 Å². The molecular formula is C16H12F2O4. The zero-order valence-corrected chi connectivity index (χ0v) is 11.3. The van der Waals surface area contributed by atoms with Crippen LogP contribution in [0.4, 0.5) is 8.78 Å². The molecule has 6 heteroatoms. The molecule has 22 heavy (non-hydrogen) atoms. The van der Waals surface area contributed by atoms with Crippen molar-refractivity contribution in [3.05, 3.63) is 48.0 Å². The van der Waals surface area contributed by atoms with Gasteiger partial charge in [0, 0.05) is 5.56 Å². The molecule has 3 rings (SSSR count). The average molecular weight is 306 g/mol. The Labute approximate surface area is 124 Å². The first-order valence-electron chi connectivity index (χ1n) is 6.60. The van der Waals surface area contributed by atoms with Crippen LogP contribution in [0.1, 0.15) is 12.0 Å². The Bertz CT molecular complexity index is 715. The smallest absolute Gasteiger partial charge is 0.348 e. The molecule has 0 bridgehead atoms. The number of carbonyl (C=O) groups is 1. The van der Waals surface area contributed by atoms with E-state index in [-0.39, 0.29) is 17.9 Å². The highest BCUT2D eigenvalue weighted by atomic mass is 19.3. The van der Waals surface area contributed by atoms with Gasteiger partial charge in [0.05, 0.1) is 0 Å². The Morgan fingerprint density at radius 1 is 1.18 bits per heavy atom. The van der Waals surface area contributed by atoms with E-state index in [0.717, 1.165) is 0 Å². The highest BCUT2D eigenvalue weighted by Gasteiger charge is 2.27. The van der Waals surface area contributed by atoms with Gasteiger partial charge in [-0.25, -0.2) is 13.6 Å². The lowest BCUT2D eigenvalue weighted by atomic mass is 9.99. The molecule has 0 aliphatic carbocycles. The number of fused-ring (bicyclic) bond motifs is 1. The Kier molecular flexibility index (Phi) is 3.66. The van der Waals surface area contributed by atoms with E-state index in [1.807, 2.05) is 0 Å². The standard InChI is InChI=1S/C16H12F2O4/c17-15(18)11-4-2-1-3-10(11)9-5-6-12-13(7-9)22-14(8-21-12)16(19)20/h1-7,14-15H,8H2,(H,19,20). The predicted molar refractivity (Wildman–Crippen MR) is 74.4 cm³/mol. The van der Waals surface area contributed by atoms with E-state index in [0.29, 0.717) is 16.9 Å². The molecule has 2 aromatic rings. The van der Waals surface area contributed by atoms with Crippen LogP contribution in [0.3, 0.4) is 0 Å². The molecule has 0 saturated carbocycles. The van der Waals surface area contributed by atoms with Gasteiger partial charge in [0.2, 0.25) is 6.10 Å². The molecule has 1 aliphatic heterocycles. The quantitative estimate of drug-likeness (QED) is 0.942. The molecule has 114 valence electrons. The SMILES string of the molecule is O=C(O)C1COc2ccc(-c3ccccc3C(F)F)cc2O1. The number of hydrogen-bond acceptors (Lipinski definition) is 3. The van der Waals surface area contributed by atoms with Crippen LogP contribution in [0, 0.1) is 0 Å². The van der Waals surface area contributed by atoms with Gasteiger partial charge >= 0.3 is 5.97 Å². The van der Waals surface area contributed by atoms with E-state index in [4.69, 9.17) is 14.6 Å². The number of hydrogen-bond donors (Lipinski definition) is 1. The second-order valence-corrected chi connectivity index (χ2v) is 4.81. The maximum Gasteiger partial charge on any atom is 0.348 e. The number of aliphatic carboxylic acids is 1. The fourth-order valence-corrected chi connectivity index (χ4v) is 2.31. The van der Waals surface area contributed by atoms with Crippen molar-refractivity contribution >= 4 is 5.97 Å². The normalized spacial score (nSPS) is 16.6. The van der Waals surface area contributed by atoms with Gasteiger partial charge in [0.1, 0.15) is 6.61 Å². The van der Waals surface area contributed by atoms with Gasteiger partial charge in [0.15, 0.2) is 11.5 Å². The second kappa shape index (κ2) is 5.63. The number of benzene rings is 2. The summed E-state index contributed by atoms with van der Waals surface area (Å²) in [4.78, 5) is 11.0. The largest absolute Gasteiger partial charge is 0.485 e. The fraction of sp³-hybridized carbons (Fsp3) is 0.188. The van der Waals surface area contributed by atoms with Crippen molar-refractivity contribution < 1.29 is 28.2 Å². The van der Waals surface area contributed by atoms with Crippen LogP contribution in [-0.4, -0.2) is 23.8 Å². The maximum absolute atomic E-state index is 13.1. The summed E-state index contributed by atoms with van der Waals surface area (Å²) in [6.07, 6.45) is -3.70. The van der Waals surface area contributed by atoms with Gasteiger partial charge in [-0.3, -0.25) is 0 Å². The van der Waals surface area contributed by atoms with Gasteiger partial charge < -0.3 is 14.6 Å². The van der Waals surface area contributed by atoms with Crippen LogP contribution in [0.15, 0.2) is 42.5 Å². The monoisotopic (exact) mass is 306 g/mol. The van der Waals surface area contributed by atoms with Crippen LogP contribution >= 0.6 is 0 Å². The third-order valence-corrected chi connectivity index (χ3v) is 3.39. The van der Waals surface area contributed by atoms with Crippen LogP contribution < -0.4 is 9.47 Å². The molecule has 1 unspecified atom stereocenters. The molecule has 0 fully saturated rings. The molecule has 1 N–H and O–H groups in total. The van der Waals surface area contributed by atoms with E-state index in [1.54, 1.807) is 30.3 Å². The van der Waals surface area contributed by atoms with Crippen LogP contribution in [0.2, 0.25) is 0 Å². The Balaban J connectivity index is 2.01. The summed E-state index contributed by atoms with van der Waals surface area (Å²) in [5.41, 5.74) is 0.805.